The summed E-state index contributed by atoms with van der Waals surface area (Å²) >= 11 is 5.90. The molecule has 5 nitrogen and oxygen atoms in total. The van der Waals surface area contributed by atoms with Gasteiger partial charge < -0.3 is 5.11 Å². The average molecular weight is 408 g/mol. The predicted octanol–water partition coefficient (Wildman–Crippen LogP) is 4.56. The van der Waals surface area contributed by atoms with E-state index in [4.69, 9.17) is 16.7 Å². The van der Waals surface area contributed by atoms with E-state index in [0.717, 1.165) is 37.7 Å². The summed E-state index contributed by atoms with van der Waals surface area (Å²) < 4.78 is 28.2. The lowest BCUT2D eigenvalue weighted by Gasteiger charge is -2.33. The quantitative estimate of drug-likeness (QED) is 0.761. The molecule has 0 bridgehead atoms. The number of carbonyl (C=O) groups is 1. The summed E-state index contributed by atoms with van der Waals surface area (Å²) in [4.78, 5) is 11.3. The van der Waals surface area contributed by atoms with E-state index in [-0.39, 0.29) is 23.0 Å². The van der Waals surface area contributed by atoms with Crippen LogP contribution in [-0.2, 0) is 16.6 Å². The Morgan fingerprint density at radius 2 is 1.59 bits per heavy atom. The Morgan fingerprint density at radius 3 is 2.15 bits per heavy atom. The fraction of sp³-hybridized carbons (Fsp3) is 0.350. The van der Waals surface area contributed by atoms with Gasteiger partial charge in [0, 0.05) is 17.6 Å². The molecule has 1 saturated carbocycles. The van der Waals surface area contributed by atoms with Gasteiger partial charge in [-0.1, -0.05) is 43.0 Å². The molecule has 0 atom stereocenters. The largest absolute Gasteiger partial charge is 0.478 e. The van der Waals surface area contributed by atoms with Crippen molar-refractivity contribution >= 4 is 27.6 Å². The monoisotopic (exact) mass is 407 g/mol. The van der Waals surface area contributed by atoms with E-state index in [1.807, 2.05) is 0 Å². The molecule has 0 radical (unpaired) electrons. The Kier molecular flexibility index (Phi) is 6.19. The molecule has 144 valence electrons. The first kappa shape index (κ1) is 19.9. The minimum absolute atomic E-state index is 0.0569. The van der Waals surface area contributed by atoms with Crippen LogP contribution in [0.2, 0.25) is 5.02 Å². The smallest absolute Gasteiger partial charge is 0.335 e. The maximum absolute atomic E-state index is 13.3. The molecule has 0 aromatic heterocycles. The van der Waals surface area contributed by atoms with Crippen molar-refractivity contribution in [2.24, 2.45) is 0 Å². The Labute approximate surface area is 164 Å². The van der Waals surface area contributed by atoms with Crippen LogP contribution in [0.4, 0.5) is 0 Å². The van der Waals surface area contributed by atoms with Crippen LogP contribution in [-0.4, -0.2) is 29.8 Å². The summed E-state index contributed by atoms with van der Waals surface area (Å²) in [5, 5.41) is 9.53. The van der Waals surface area contributed by atoms with Crippen molar-refractivity contribution in [3.63, 3.8) is 0 Å². The number of rotatable bonds is 6. The van der Waals surface area contributed by atoms with E-state index in [9.17, 15) is 13.2 Å². The van der Waals surface area contributed by atoms with E-state index in [2.05, 4.69) is 0 Å². The fourth-order valence-corrected chi connectivity index (χ4v) is 5.25. The highest BCUT2D eigenvalue weighted by atomic mass is 35.5. The number of halogens is 1. The highest BCUT2D eigenvalue weighted by Crippen LogP contribution is 2.30. The lowest BCUT2D eigenvalue weighted by Crippen LogP contribution is -2.40. The molecular formula is C20H22ClNO4S. The first-order valence-corrected chi connectivity index (χ1v) is 10.8. The summed E-state index contributed by atoms with van der Waals surface area (Å²) in [7, 11) is -3.68. The normalized spacial score (nSPS) is 15.8. The van der Waals surface area contributed by atoms with Gasteiger partial charge >= 0.3 is 5.97 Å². The molecule has 7 heteroatoms. The number of sulfonamides is 1. The number of carboxylic acid groups (broad SMARTS) is 1. The van der Waals surface area contributed by atoms with Gasteiger partial charge in [-0.05, 0) is 54.8 Å². The molecule has 1 fully saturated rings. The van der Waals surface area contributed by atoms with Gasteiger partial charge in [-0.15, -0.1) is 0 Å². The number of hydrogen-bond donors (Lipinski definition) is 1. The third-order valence-corrected chi connectivity index (χ3v) is 7.11. The van der Waals surface area contributed by atoms with Crippen LogP contribution in [0.5, 0.6) is 0 Å². The molecule has 0 heterocycles. The number of hydrogen-bond acceptors (Lipinski definition) is 3. The van der Waals surface area contributed by atoms with E-state index < -0.39 is 16.0 Å². The molecule has 1 N–H and O–H groups in total. The van der Waals surface area contributed by atoms with Crippen LogP contribution in [0, 0.1) is 0 Å². The zero-order valence-electron chi connectivity index (χ0n) is 14.8. The maximum atomic E-state index is 13.3. The van der Waals surface area contributed by atoms with Crippen molar-refractivity contribution < 1.29 is 18.3 Å². The SMILES string of the molecule is O=C(O)c1ccc(CN(C2CCCCC2)S(=O)(=O)c2ccc(Cl)cc2)cc1. The molecule has 27 heavy (non-hydrogen) atoms. The molecule has 2 aromatic rings. The molecule has 0 unspecified atom stereocenters. The van der Waals surface area contributed by atoms with Crippen LogP contribution in [0.3, 0.4) is 0 Å². The Balaban J connectivity index is 1.92. The van der Waals surface area contributed by atoms with Crippen molar-refractivity contribution in [2.75, 3.05) is 0 Å². The third kappa shape index (κ3) is 4.69. The maximum Gasteiger partial charge on any atom is 0.335 e. The van der Waals surface area contributed by atoms with Gasteiger partial charge in [-0.3, -0.25) is 0 Å². The van der Waals surface area contributed by atoms with Crippen molar-refractivity contribution in [1.29, 1.82) is 0 Å². The second kappa shape index (κ2) is 8.42. The number of nitrogens with zero attached hydrogens (tertiary/aromatic N) is 1. The van der Waals surface area contributed by atoms with Gasteiger partial charge in [0.15, 0.2) is 0 Å². The molecule has 0 aliphatic heterocycles. The Morgan fingerprint density at radius 1 is 1.00 bits per heavy atom. The second-order valence-corrected chi connectivity index (χ2v) is 9.13. The van der Waals surface area contributed by atoms with E-state index >= 15 is 0 Å². The van der Waals surface area contributed by atoms with E-state index in [0.29, 0.717) is 5.02 Å². The van der Waals surface area contributed by atoms with Crippen LogP contribution >= 0.6 is 11.6 Å². The lowest BCUT2D eigenvalue weighted by molar-refractivity contribution is 0.0697. The number of benzene rings is 2. The Bertz CT molecular complexity index is 889. The highest BCUT2D eigenvalue weighted by Gasteiger charge is 2.32. The van der Waals surface area contributed by atoms with Crippen LogP contribution in [0.1, 0.15) is 48.0 Å². The first-order chi connectivity index (χ1) is 12.9. The van der Waals surface area contributed by atoms with Crippen LogP contribution < -0.4 is 0 Å². The topological polar surface area (TPSA) is 74.7 Å². The predicted molar refractivity (Wildman–Crippen MR) is 104 cm³/mol. The molecule has 1 aliphatic carbocycles. The average Bonchev–Trinajstić information content (AvgIpc) is 2.67. The van der Waals surface area contributed by atoms with Crippen LogP contribution in [0.15, 0.2) is 53.4 Å². The van der Waals surface area contributed by atoms with Crippen LogP contribution in [0.25, 0.3) is 0 Å². The molecule has 1 aliphatic rings. The number of aromatic carboxylic acids is 1. The fourth-order valence-electron chi connectivity index (χ4n) is 3.45. The molecule has 0 saturated heterocycles. The van der Waals surface area contributed by atoms with E-state index in [1.165, 1.54) is 24.3 Å². The summed E-state index contributed by atoms with van der Waals surface area (Å²) in [5.74, 6) is -1.00. The minimum Gasteiger partial charge on any atom is -0.478 e. The first-order valence-electron chi connectivity index (χ1n) is 8.97. The lowest BCUT2D eigenvalue weighted by atomic mass is 9.95. The Hall–Kier alpha value is -1.89. The van der Waals surface area contributed by atoms with Crippen molar-refractivity contribution in [3.8, 4) is 0 Å². The van der Waals surface area contributed by atoms with Gasteiger partial charge in [0.05, 0.1) is 10.5 Å². The zero-order valence-corrected chi connectivity index (χ0v) is 16.4. The van der Waals surface area contributed by atoms with Gasteiger partial charge in [-0.2, -0.15) is 4.31 Å². The van der Waals surface area contributed by atoms with Gasteiger partial charge in [0.1, 0.15) is 0 Å². The van der Waals surface area contributed by atoms with Gasteiger partial charge in [0.2, 0.25) is 10.0 Å². The molecule has 2 aromatic carbocycles. The summed E-state index contributed by atoms with van der Waals surface area (Å²) in [5.41, 5.74) is 0.951. The minimum atomic E-state index is -3.68. The summed E-state index contributed by atoms with van der Waals surface area (Å²) in [6, 6.07) is 12.5. The van der Waals surface area contributed by atoms with Crippen molar-refractivity contribution in [3.05, 3.63) is 64.7 Å². The zero-order chi connectivity index (χ0) is 19.4. The third-order valence-electron chi connectivity index (χ3n) is 4.94. The molecule has 0 amide bonds. The molecular weight excluding hydrogens is 386 g/mol. The summed E-state index contributed by atoms with van der Waals surface area (Å²) in [6.07, 6.45) is 4.81. The standard InChI is InChI=1S/C20H22ClNO4S/c21-17-10-12-19(13-11-17)27(25,26)22(18-4-2-1-3-5-18)14-15-6-8-16(9-7-15)20(23)24/h6-13,18H,1-5,14H2,(H,23,24). The summed E-state index contributed by atoms with van der Waals surface area (Å²) in [6.45, 7) is 0.218. The highest BCUT2D eigenvalue weighted by molar-refractivity contribution is 7.89. The number of carboxylic acids is 1. The van der Waals surface area contributed by atoms with Gasteiger partial charge in [-0.25, -0.2) is 13.2 Å². The van der Waals surface area contributed by atoms with Gasteiger partial charge in [0.25, 0.3) is 0 Å². The van der Waals surface area contributed by atoms with Crippen molar-refractivity contribution in [2.45, 2.75) is 49.6 Å². The second-order valence-electron chi connectivity index (χ2n) is 6.80. The van der Waals surface area contributed by atoms with E-state index in [1.54, 1.807) is 28.6 Å². The van der Waals surface area contributed by atoms with Crippen molar-refractivity contribution in [1.82, 2.24) is 4.31 Å². The molecule has 3 rings (SSSR count). The molecule has 0 spiro atoms.